The molecule has 0 saturated carbocycles. The Morgan fingerprint density at radius 1 is 1.31 bits per heavy atom. The maximum Gasteiger partial charge on any atom is 0.117 e. The minimum atomic E-state index is 0.308. The molecule has 0 aliphatic rings. The lowest BCUT2D eigenvalue weighted by atomic mass is 10.1. The largest absolute Gasteiger partial charge is 0.468 e. The zero-order chi connectivity index (χ0) is 11.4. The van der Waals surface area contributed by atoms with Crippen LogP contribution < -0.4 is 5.32 Å². The highest BCUT2D eigenvalue weighted by molar-refractivity contribution is 9.10. The van der Waals surface area contributed by atoms with Crippen LogP contribution in [0.5, 0.6) is 0 Å². The molecule has 1 atom stereocenters. The molecule has 0 unspecified atom stereocenters. The van der Waals surface area contributed by atoms with Gasteiger partial charge in [0.15, 0.2) is 0 Å². The summed E-state index contributed by atoms with van der Waals surface area (Å²) < 4.78 is 6.38. The normalized spacial score (nSPS) is 12.6. The van der Waals surface area contributed by atoms with Gasteiger partial charge < -0.3 is 9.73 Å². The van der Waals surface area contributed by atoms with E-state index < -0.39 is 0 Å². The van der Waals surface area contributed by atoms with Crippen LogP contribution in [0.2, 0.25) is 0 Å². The molecule has 0 spiro atoms. The molecular formula is C13H14BrNO. The van der Waals surface area contributed by atoms with E-state index in [0.717, 1.165) is 16.8 Å². The molecule has 3 heteroatoms. The molecule has 16 heavy (non-hydrogen) atoms. The van der Waals surface area contributed by atoms with Crippen LogP contribution in [-0.2, 0) is 6.54 Å². The van der Waals surface area contributed by atoms with Gasteiger partial charge in [0.05, 0.1) is 12.8 Å². The van der Waals surface area contributed by atoms with Crippen LogP contribution in [0.4, 0.5) is 0 Å². The Morgan fingerprint density at radius 2 is 2.19 bits per heavy atom. The topological polar surface area (TPSA) is 25.2 Å². The molecular weight excluding hydrogens is 266 g/mol. The highest BCUT2D eigenvalue weighted by atomic mass is 79.9. The quantitative estimate of drug-likeness (QED) is 0.919. The van der Waals surface area contributed by atoms with Crippen molar-refractivity contribution in [3.63, 3.8) is 0 Å². The number of hydrogen-bond donors (Lipinski definition) is 1. The molecule has 1 heterocycles. The molecule has 0 aliphatic heterocycles. The summed E-state index contributed by atoms with van der Waals surface area (Å²) in [5, 5.41) is 3.41. The predicted molar refractivity (Wildman–Crippen MR) is 68.1 cm³/mol. The lowest BCUT2D eigenvalue weighted by Gasteiger charge is -2.13. The van der Waals surface area contributed by atoms with Crippen molar-refractivity contribution < 1.29 is 4.42 Å². The lowest BCUT2D eigenvalue weighted by molar-refractivity contribution is 0.460. The fourth-order valence-corrected chi connectivity index (χ4v) is 1.98. The minimum absolute atomic E-state index is 0.308. The zero-order valence-electron chi connectivity index (χ0n) is 9.11. The molecule has 0 aliphatic carbocycles. The molecule has 2 nitrogen and oxygen atoms in total. The molecule has 1 N–H and O–H groups in total. The van der Waals surface area contributed by atoms with Crippen molar-refractivity contribution in [2.24, 2.45) is 0 Å². The number of benzene rings is 1. The standard InChI is InChI=1S/C13H14BrNO/c1-10(11-4-2-5-12(14)8-11)15-9-13-6-3-7-16-13/h2-8,10,15H,9H2,1H3/t10-/m0/s1. The highest BCUT2D eigenvalue weighted by Crippen LogP contribution is 2.18. The van der Waals surface area contributed by atoms with Gasteiger partial charge in [0.2, 0.25) is 0 Å². The first-order valence-electron chi connectivity index (χ1n) is 5.27. The van der Waals surface area contributed by atoms with E-state index in [1.807, 2.05) is 24.3 Å². The van der Waals surface area contributed by atoms with Crippen molar-refractivity contribution in [3.8, 4) is 0 Å². The van der Waals surface area contributed by atoms with Gasteiger partial charge >= 0.3 is 0 Å². The van der Waals surface area contributed by atoms with Crippen LogP contribution in [0.1, 0.15) is 24.3 Å². The maximum atomic E-state index is 5.27. The van der Waals surface area contributed by atoms with Crippen LogP contribution >= 0.6 is 15.9 Å². The predicted octanol–water partition coefficient (Wildman–Crippen LogP) is 3.89. The summed E-state index contributed by atoms with van der Waals surface area (Å²) in [5.41, 5.74) is 1.26. The van der Waals surface area contributed by atoms with Crippen LogP contribution in [0, 0.1) is 0 Å². The fourth-order valence-electron chi connectivity index (χ4n) is 1.56. The number of halogens is 1. The first-order valence-corrected chi connectivity index (χ1v) is 6.06. The molecule has 0 radical (unpaired) electrons. The summed E-state index contributed by atoms with van der Waals surface area (Å²) >= 11 is 3.47. The van der Waals surface area contributed by atoms with E-state index in [1.54, 1.807) is 6.26 Å². The summed E-state index contributed by atoms with van der Waals surface area (Å²) in [7, 11) is 0. The highest BCUT2D eigenvalue weighted by Gasteiger charge is 2.05. The molecule has 1 aromatic carbocycles. The Bertz CT molecular complexity index is 439. The molecule has 0 saturated heterocycles. The SMILES string of the molecule is C[C@H](NCc1ccco1)c1cccc(Br)c1. The van der Waals surface area contributed by atoms with Gasteiger partial charge in [-0.1, -0.05) is 28.1 Å². The van der Waals surface area contributed by atoms with Gasteiger partial charge in [0.25, 0.3) is 0 Å². The van der Waals surface area contributed by atoms with E-state index in [0.29, 0.717) is 6.04 Å². The molecule has 2 aromatic rings. The second-order valence-corrected chi connectivity index (χ2v) is 4.65. The third kappa shape index (κ3) is 2.97. The van der Waals surface area contributed by atoms with Gasteiger partial charge in [-0.05, 0) is 36.8 Å². The van der Waals surface area contributed by atoms with Crippen LogP contribution in [0.3, 0.4) is 0 Å². The summed E-state index contributed by atoms with van der Waals surface area (Å²) in [6.45, 7) is 2.89. The Kier molecular flexibility index (Phi) is 3.80. The molecule has 2 rings (SSSR count). The second-order valence-electron chi connectivity index (χ2n) is 3.74. The second kappa shape index (κ2) is 5.32. The molecule has 0 fully saturated rings. The van der Waals surface area contributed by atoms with Crippen molar-refractivity contribution >= 4 is 15.9 Å². The summed E-state index contributed by atoms with van der Waals surface area (Å²) in [4.78, 5) is 0. The summed E-state index contributed by atoms with van der Waals surface area (Å²) in [6, 6.07) is 12.5. The van der Waals surface area contributed by atoms with E-state index in [1.165, 1.54) is 5.56 Å². The fraction of sp³-hybridized carbons (Fsp3) is 0.231. The van der Waals surface area contributed by atoms with Gasteiger partial charge in [-0.25, -0.2) is 0 Å². The van der Waals surface area contributed by atoms with E-state index in [9.17, 15) is 0 Å². The summed E-state index contributed by atoms with van der Waals surface area (Å²) in [6.07, 6.45) is 1.70. The van der Waals surface area contributed by atoms with Crippen molar-refractivity contribution in [1.29, 1.82) is 0 Å². The molecule has 0 bridgehead atoms. The van der Waals surface area contributed by atoms with Gasteiger partial charge in [0.1, 0.15) is 5.76 Å². The first-order chi connectivity index (χ1) is 7.75. The number of nitrogens with one attached hydrogen (secondary N) is 1. The third-order valence-corrected chi connectivity index (χ3v) is 3.00. The van der Waals surface area contributed by atoms with Crippen molar-refractivity contribution in [1.82, 2.24) is 5.32 Å². The Morgan fingerprint density at radius 3 is 2.88 bits per heavy atom. The van der Waals surface area contributed by atoms with Gasteiger partial charge in [-0.15, -0.1) is 0 Å². The van der Waals surface area contributed by atoms with E-state index in [-0.39, 0.29) is 0 Å². The average molecular weight is 280 g/mol. The van der Waals surface area contributed by atoms with Crippen molar-refractivity contribution in [3.05, 3.63) is 58.5 Å². The maximum absolute atomic E-state index is 5.27. The number of furan rings is 1. The van der Waals surface area contributed by atoms with Gasteiger partial charge in [-0.3, -0.25) is 0 Å². The first kappa shape index (κ1) is 11.4. The van der Waals surface area contributed by atoms with E-state index >= 15 is 0 Å². The zero-order valence-corrected chi connectivity index (χ0v) is 10.7. The van der Waals surface area contributed by atoms with Crippen LogP contribution in [0.15, 0.2) is 51.6 Å². The smallest absolute Gasteiger partial charge is 0.117 e. The summed E-state index contributed by atoms with van der Waals surface area (Å²) in [5.74, 6) is 0.960. The van der Waals surface area contributed by atoms with Crippen LogP contribution in [0.25, 0.3) is 0 Å². The van der Waals surface area contributed by atoms with E-state index in [4.69, 9.17) is 4.42 Å². The Balaban J connectivity index is 1.95. The number of hydrogen-bond acceptors (Lipinski definition) is 2. The van der Waals surface area contributed by atoms with Crippen molar-refractivity contribution in [2.45, 2.75) is 19.5 Å². The van der Waals surface area contributed by atoms with Gasteiger partial charge in [-0.2, -0.15) is 0 Å². The van der Waals surface area contributed by atoms with Crippen molar-refractivity contribution in [2.75, 3.05) is 0 Å². The molecule has 1 aromatic heterocycles. The Hall–Kier alpha value is -1.06. The lowest BCUT2D eigenvalue weighted by Crippen LogP contribution is -2.17. The van der Waals surface area contributed by atoms with Gasteiger partial charge in [0, 0.05) is 10.5 Å². The molecule has 0 amide bonds. The minimum Gasteiger partial charge on any atom is -0.468 e. The average Bonchev–Trinajstić information content (AvgIpc) is 2.78. The monoisotopic (exact) mass is 279 g/mol. The Labute approximate surface area is 104 Å². The van der Waals surface area contributed by atoms with E-state index in [2.05, 4.69) is 40.3 Å². The van der Waals surface area contributed by atoms with Crippen LogP contribution in [-0.4, -0.2) is 0 Å². The number of rotatable bonds is 4. The molecule has 84 valence electrons. The third-order valence-electron chi connectivity index (χ3n) is 2.51.